The minimum atomic E-state index is -0.787. The third-order valence-corrected chi connectivity index (χ3v) is 5.82. The average molecular weight is 543 g/mol. The molecule has 8 heteroatoms. The largest absolute Gasteiger partial charge is 0.488 e. The number of nitrogens with one attached hydrogen (secondary N) is 2. The van der Waals surface area contributed by atoms with Crippen molar-refractivity contribution in [2.45, 2.75) is 26.5 Å². The van der Waals surface area contributed by atoms with Crippen molar-refractivity contribution in [1.29, 1.82) is 0 Å². The molecule has 0 aromatic heterocycles. The van der Waals surface area contributed by atoms with Crippen molar-refractivity contribution in [1.82, 2.24) is 10.7 Å². The molecule has 0 bridgehead atoms. The van der Waals surface area contributed by atoms with Crippen LogP contribution in [0.3, 0.4) is 0 Å². The van der Waals surface area contributed by atoms with Crippen LogP contribution in [0.1, 0.15) is 35.3 Å². The molecule has 0 aliphatic rings. The summed E-state index contributed by atoms with van der Waals surface area (Å²) < 4.78 is 6.93. The fraction of sp³-hybridized carbons (Fsp3) is 0.192. The molecule has 3 rings (SSSR count). The van der Waals surface area contributed by atoms with Gasteiger partial charge in [-0.15, -0.1) is 0 Å². The van der Waals surface area contributed by atoms with E-state index in [2.05, 4.69) is 31.8 Å². The Hall–Kier alpha value is -3.16. The fourth-order valence-corrected chi connectivity index (χ4v) is 3.58. The standard InChI is InChI=1S/C26H25BrClN3O3/c1-17(2)24(30-25(32)21-8-4-5-9-22(21)28)26(33)31-29-15-19-7-3-6-10-23(19)34-16-18-11-13-20(27)14-12-18/h3-15,17,24H,16H2,1-2H3,(H,30,32)(H,31,33)/b29-15+. The van der Waals surface area contributed by atoms with Crippen LogP contribution < -0.4 is 15.5 Å². The highest BCUT2D eigenvalue weighted by Gasteiger charge is 2.25. The Morgan fingerprint density at radius 1 is 1.03 bits per heavy atom. The van der Waals surface area contributed by atoms with Gasteiger partial charge < -0.3 is 10.1 Å². The lowest BCUT2D eigenvalue weighted by atomic mass is 10.0. The van der Waals surface area contributed by atoms with Crippen LogP contribution in [-0.4, -0.2) is 24.1 Å². The molecule has 1 atom stereocenters. The van der Waals surface area contributed by atoms with Crippen LogP contribution >= 0.6 is 27.5 Å². The van der Waals surface area contributed by atoms with Gasteiger partial charge in [-0.05, 0) is 47.9 Å². The third kappa shape index (κ3) is 7.17. The first-order chi connectivity index (χ1) is 16.3. The van der Waals surface area contributed by atoms with E-state index in [-0.39, 0.29) is 5.92 Å². The van der Waals surface area contributed by atoms with Crippen molar-refractivity contribution < 1.29 is 14.3 Å². The Morgan fingerprint density at radius 2 is 1.71 bits per heavy atom. The summed E-state index contributed by atoms with van der Waals surface area (Å²) in [5.41, 5.74) is 4.56. The summed E-state index contributed by atoms with van der Waals surface area (Å²) in [5.74, 6) is -0.381. The van der Waals surface area contributed by atoms with Crippen LogP contribution in [0.2, 0.25) is 5.02 Å². The van der Waals surface area contributed by atoms with Gasteiger partial charge in [0, 0.05) is 10.0 Å². The van der Waals surface area contributed by atoms with E-state index in [1.807, 2.05) is 62.4 Å². The van der Waals surface area contributed by atoms with E-state index in [0.29, 0.717) is 28.5 Å². The zero-order chi connectivity index (χ0) is 24.5. The molecule has 0 radical (unpaired) electrons. The highest BCUT2D eigenvalue weighted by Crippen LogP contribution is 2.19. The zero-order valence-corrected chi connectivity index (χ0v) is 21.1. The first-order valence-electron chi connectivity index (χ1n) is 10.7. The van der Waals surface area contributed by atoms with Gasteiger partial charge in [0.1, 0.15) is 18.4 Å². The molecule has 0 saturated carbocycles. The number of hydrazone groups is 1. The molecule has 2 amide bonds. The molecule has 3 aromatic carbocycles. The fourth-order valence-electron chi connectivity index (χ4n) is 3.09. The van der Waals surface area contributed by atoms with Gasteiger partial charge in [0.2, 0.25) is 0 Å². The summed E-state index contributed by atoms with van der Waals surface area (Å²) in [4.78, 5) is 25.3. The Morgan fingerprint density at radius 3 is 2.41 bits per heavy atom. The van der Waals surface area contributed by atoms with Crippen LogP contribution in [0.25, 0.3) is 0 Å². The number of amides is 2. The predicted molar refractivity (Wildman–Crippen MR) is 138 cm³/mol. The minimum Gasteiger partial charge on any atom is -0.488 e. The number of nitrogens with zero attached hydrogens (tertiary/aromatic N) is 1. The Balaban J connectivity index is 1.63. The monoisotopic (exact) mass is 541 g/mol. The number of para-hydroxylation sites is 1. The molecule has 0 spiro atoms. The van der Waals surface area contributed by atoms with E-state index in [4.69, 9.17) is 16.3 Å². The lowest BCUT2D eigenvalue weighted by Crippen LogP contribution is -2.48. The molecular formula is C26H25BrClN3O3. The molecular weight excluding hydrogens is 518 g/mol. The molecule has 0 aliphatic heterocycles. The van der Waals surface area contributed by atoms with Crippen LogP contribution in [-0.2, 0) is 11.4 Å². The van der Waals surface area contributed by atoms with Crippen LogP contribution in [0.5, 0.6) is 5.75 Å². The van der Waals surface area contributed by atoms with E-state index in [1.165, 1.54) is 6.21 Å². The number of carbonyl (C=O) groups excluding carboxylic acids is 2. The average Bonchev–Trinajstić information content (AvgIpc) is 2.82. The van der Waals surface area contributed by atoms with Crippen LogP contribution in [0.4, 0.5) is 0 Å². The first-order valence-corrected chi connectivity index (χ1v) is 11.9. The molecule has 176 valence electrons. The van der Waals surface area contributed by atoms with Crippen molar-refractivity contribution in [3.63, 3.8) is 0 Å². The van der Waals surface area contributed by atoms with Gasteiger partial charge in [-0.2, -0.15) is 5.10 Å². The van der Waals surface area contributed by atoms with Gasteiger partial charge in [0.05, 0.1) is 16.8 Å². The molecule has 34 heavy (non-hydrogen) atoms. The van der Waals surface area contributed by atoms with E-state index < -0.39 is 17.9 Å². The third-order valence-electron chi connectivity index (χ3n) is 4.96. The van der Waals surface area contributed by atoms with Crippen molar-refractivity contribution in [2.75, 3.05) is 0 Å². The molecule has 0 saturated heterocycles. The van der Waals surface area contributed by atoms with Crippen molar-refractivity contribution in [3.05, 3.63) is 99.0 Å². The maximum absolute atomic E-state index is 12.7. The molecule has 0 aliphatic carbocycles. The maximum atomic E-state index is 12.7. The molecule has 3 aromatic rings. The maximum Gasteiger partial charge on any atom is 0.262 e. The number of halogens is 2. The normalized spacial score (nSPS) is 11.9. The Labute approximate surface area is 212 Å². The van der Waals surface area contributed by atoms with Gasteiger partial charge >= 0.3 is 0 Å². The number of ether oxygens (including phenoxy) is 1. The quantitative estimate of drug-likeness (QED) is 0.273. The van der Waals surface area contributed by atoms with Crippen molar-refractivity contribution in [3.8, 4) is 5.75 Å². The van der Waals surface area contributed by atoms with E-state index in [0.717, 1.165) is 10.0 Å². The van der Waals surface area contributed by atoms with Gasteiger partial charge in [-0.1, -0.05) is 77.8 Å². The predicted octanol–water partition coefficient (Wildman–Crippen LogP) is 5.59. The Bertz CT molecular complexity index is 1170. The Kier molecular flexibility index (Phi) is 9.24. The van der Waals surface area contributed by atoms with Crippen LogP contribution in [0.15, 0.2) is 82.4 Å². The summed E-state index contributed by atoms with van der Waals surface area (Å²) in [6.07, 6.45) is 1.52. The second-order valence-electron chi connectivity index (χ2n) is 7.86. The number of benzene rings is 3. The number of rotatable bonds is 9. The summed E-state index contributed by atoms with van der Waals surface area (Å²) in [7, 11) is 0. The molecule has 6 nitrogen and oxygen atoms in total. The highest BCUT2D eigenvalue weighted by molar-refractivity contribution is 9.10. The van der Waals surface area contributed by atoms with Crippen LogP contribution in [0, 0.1) is 5.92 Å². The second kappa shape index (κ2) is 12.3. The number of hydrogen-bond acceptors (Lipinski definition) is 4. The van der Waals surface area contributed by atoms with Gasteiger partial charge in [0.25, 0.3) is 11.8 Å². The molecule has 0 heterocycles. The summed E-state index contributed by atoms with van der Waals surface area (Å²) >= 11 is 9.52. The SMILES string of the molecule is CC(C)C(NC(=O)c1ccccc1Cl)C(=O)N/N=C/c1ccccc1OCc1ccc(Br)cc1. The summed E-state index contributed by atoms with van der Waals surface area (Å²) in [6.45, 7) is 4.08. The summed E-state index contributed by atoms with van der Waals surface area (Å²) in [5, 5.41) is 7.14. The van der Waals surface area contributed by atoms with E-state index in [1.54, 1.807) is 24.3 Å². The van der Waals surface area contributed by atoms with Gasteiger partial charge in [0.15, 0.2) is 0 Å². The topological polar surface area (TPSA) is 79.8 Å². The van der Waals surface area contributed by atoms with Crippen molar-refractivity contribution in [2.24, 2.45) is 11.0 Å². The first kappa shape index (κ1) is 25.5. The van der Waals surface area contributed by atoms with Crippen molar-refractivity contribution >= 4 is 45.6 Å². The molecule has 1 unspecified atom stereocenters. The number of hydrogen-bond donors (Lipinski definition) is 2. The second-order valence-corrected chi connectivity index (χ2v) is 9.19. The number of carbonyl (C=O) groups is 2. The lowest BCUT2D eigenvalue weighted by Gasteiger charge is -2.20. The molecule has 0 fully saturated rings. The van der Waals surface area contributed by atoms with Gasteiger partial charge in [-0.25, -0.2) is 5.43 Å². The lowest BCUT2D eigenvalue weighted by molar-refractivity contribution is -0.123. The van der Waals surface area contributed by atoms with Gasteiger partial charge in [-0.3, -0.25) is 9.59 Å². The summed E-state index contributed by atoms with van der Waals surface area (Å²) in [6, 6.07) is 21.2. The smallest absolute Gasteiger partial charge is 0.262 e. The highest BCUT2D eigenvalue weighted by atomic mass is 79.9. The zero-order valence-electron chi connectivity index (χ0n) is 18.8. The van der Waals surface area contributed by atoms with E-state index in [9.17, 15) is 9.59 Å². The molecule has 2 N–H and O–H groups in total. The minimum absolute atomic E-state index is 0.164. The van der Waals surface area contributed by atoms with E-state index >= 15 is 0 Å².